The molecule has 0 aromatic heterocycles. The Bertz CT molecular complexity index is 2550. The van der Waals surface area contributed by atoms with Crippen molar-refractivity contribution < 1.29 is 50.7 Å². The first-order valence-electron chi connectivity index (χ1n) is 17.3. The Balaban J connectivity index is 0.000000754. The molecule has 8 rings (SSSR count). The van der Waals surface area contributed by atoms with Crippen LogP contribution in [-0.2, 0) is 0 Å². The first kappa shape index (κ1) is 41.0. The Kier molecular flexibility index (Phi) is 11.1. The fourth-order valence-electron chi connectivity index (χ4n) is 6.64. The monoisotopic (exact) mass is 859 g/mol. The van der Waals surface area contributed by atoms with E-state index in [1.54, 1.807) is 42.5 Å². The van der Waals surface area contributed by atoms with Crippen molar-refractivity contribution >= 4 is 44.1 Å². The van der Waals surface area contributed by atoms with Crippen LogP contribution < -0.4 is 19.1 Å². The molecule has 1 unspecified atom stereocenters. The zero-order chi connectivity index (χ0) is 40.7. The van der Waals surface area contributed by atoms with E-state index in [-0.39, 0.29) is 34.3 Å². The Hall–Kier alpha value is -6.66. The molecule has 0 N–H and O–H groups in total. The van der Waals surface area contributed by atoms with Crippen molar-refractivity contribution in [2.75, 3.05) is 11.9 Å². The molecule has 58 heavy (non-hydrogen) atoms. The number of halogens is 6. The van der Waals surface area contributed by atoms with E-state index in [2.05, 4.69) is 12.1 Å². The molecule has 4 amide bonds. The Morgan fingerprint density at radius 2 is 0.897 bits per heavy atom. The summed E-state index contributed by atoms with van der Waals surface area (Å²) < 4.78 is 61.7. The molecule has 2 heterocycles. The van der Waals surface area contributed by atoms with Crippen LogP contribution in [0.15, 0.2) is 140 Å². The number of ether oxygens (including phenoxy) is 2. The number of fused-ring (bicyclic) bond motifs is 2. The summed E-state index contributed by atoms with van der Waals surface area (Å²) in [5.41, 5.74) is 6.03. The molecular formula is C43H30AsF6N2O6-. The molecule has 0 radical (unpaired) electrons. The third-order valence-corrected chi connectivity index (χ3v) is 9.21. The smallest absolute Gasteiger partial charge is 1.00 e. The topological polar surface area (TPSA) is 93.2 Å². The van der Waals surface area contributed by atoms with E-state index in [4.69, 9.17) is 9.47 Å². The van der Waals surface area contributed by atoms with Crippen molar-refractivity contribution in [2.24, 2.45) is 0 Å². The molecule has 0 aliphatic carbocycles. The zero-order valence-electron chi connectivity index (χ0n) is 30.4. The van der Waals surface area contributed by atoms with Gasteiger partial charge in [0.15, 0.2) is 0 Å². The Labute approximate surface area is 330 Å². The molecule has 0 bridgehead atoms. The number of carbonyl (C=O) groups is 4. The van der Waals surface area contributed by atoms with E-state index in [1.165, 1.54) is 11.9 Å². The minimum Gasteiger partial charge on any atom is -1.00 e. The number of imide groups is 2. The van der Waals surface area contributed by atoms with Crippen molar-refractivity contribution in [3.05, 3.63) is 184 Å². The summed E-state index contributed by atoms with van der Waals surface area (Å²) in [6.07, 6.45) is 0. The molecule has 2 aliphatic heterocycles. The maximum Gasteiger partial charge on any atom is -1.00 e. The molecular weight excluding hydrogens is 829 g/mol. The van der Waals surface area contributed by atoms with Gasteiger partial charge in [0.2, 0.25) is 0 Å². The average molecular weight is 860 g/mol. The van der Waals surface area contributed by atoms with E-state index in [0.29, 0.717) is 50.9 Å². The van der Waals surface area contributed by atoms with E-state index in [0.717, 1.165) is 27.2 Å². The van der Waals surface area contributed by atoms with Crippen molar-refractivity contribution in [1.29, 1.82) is 0 Å². The Morgan fingerprint density at radius 3 is 1.40 bits per heavy atom. The zero-order valence-corrected chi connectivity index (χ0v) is 32.3. The van der Waals surface area contributed by atoms with Crippen LogP contribution in [0.25, 0.3) is 0 Å². The van der Waals surface area contributed by atoms with Crippen LogP contribution in [0.4, 0.5) is 23.0 Å². The first-order valence-corrected chi connectivity index (χ1v) is 20.8. The maximum absolute atomic E-state index is 13.3. The second kappa shape index (κ2) is 15.7. The largest absolute Gasteiger partial charge is 1.00 e. The van der Waals surface area contributed by atoms with Gasteiger partial charge >= 0.3 is 32.1 Å². The molecule has 8 nitrogen and oxygen atoms in total. The van der Waals surface area contributed by atoms with Gasteiger partial charge in [-0.1, -0.05) is 66.7 Å². The van der Waals surface area contributed by atoms with Crippen LogP contribution >= 0.6 is 0 Å². The number of hydrogen-bond donors (Lipinski definition) is 0. The summed E-state index contributed by atoms with van der Waals surface area (Å²) in [5.74, 6) is 0.612. The second-order valence-electron chi connectivity index (χ2n) is 13.2. The molecule has 15 heteroatoms. The summed E-state index contributed by atoms with van der Waals surface area (Å²) in [6.45, 7) is 1.92. The van der Waals surface area contributed by atoms with Gasteiger partial charge in [-0.25, -0.2) is 4.90 Å². The molecule has 2 aliphatic rings. The van der Waals surface area contributed by atoms with Crippen molar-refractivity contribution in [2.45, 2.75) is 12.8 Å². The number of rotatable bonds is 8. The predicted octanol–water partition coefficient (Wildman–Crippen LogP) is 7.51. The van der Waals surface area contributed by atoms with E-state index in [1.807, 2.05) is 91.9 Å². The molecule has 6 aromatic carbocycles. The average Bonchev–Trinajstić information content (AvgIpc) is 3.54. The van der Waals surface area contributed by atoms with Crippen LogP contribution in [0.1, 0.15) is 69.6 Å². The summed E-state index contributed by atoms with van der Waals surface area (Å²) in [6, 6.07) is 42.9. The minimum absolute atomic E-state index is 0. The number of anilines is 1. The number of hydrogen-bond acceptors (Lipinski definition) is 6. The third-order valence-electron chi connectivity index (χ3n) is 9.21. The molecule has 0 saturated heterocycles. The van der Waals surface area contributed by atoms with Gasteiger partial charge in [-0.2, -0.15) is 0 Å². The summed E-state index contributed by atoms with van der Waals surface area (Å²) in [5, 5.41) is 0. The van der Waals surface area contributed by atoms with Gasteiger partial charge < -0.3 is 14.2 Å². The number of nitrogens with zero attached hydrogens (tertiary/aromatic N) is 2. The van der Waals surface area contributed by atoms with Gasteiger partial charge in [0.1, 0.15) is 23.0 Å². The maximum atomic E-state index is 13.3. The van der Waals surface area contributed by atoms with Gasteiger partial charge in [0.05, 0.1) is 27.9 Å². The fraction of sp³-hybridized carbons (Fsp3) is 0.0698. The summed E-state index contributed by atoms with van der Waals surface area (Å²) in [4.78, 5) is 53.5. The third kappa shape index (κ3) is 8.97. The normalized spacial score (nSPS) is 14.4. The molecule has 296 valence electrons. The predicted molar refractivity (Wildman–Crippen MR) is 203 cm³/mol. The molecule has 0 spiro atoms. The van der Waals surface area contributed by atoms with Crippen LogP contribution in [0.2, 0.25) is 0 Å². The van der Waals surface area contributed by atoms with Crippen molar-refractivity contribution in [3.8, 4) is 23.0 Å². The number of amides is 4. The quantitative estimate of drug-likeness (QED) is 0.0682. The second-order valence-corrected chi connectivity index (χ2v) is 15.9. The summed E-state index contributed by atoms with van der Waals surface area (Å²) >= 11 is -8.99. The fourth-order valence-corrected chi connectivity index (χ4v) is 6.64. The molecule has 0 fully saturated rings. The van der Waals surface area contributed by atoms with Gasteiger partial charge in [-0.3, -0.25) is 24.1 Å². The van der Waals surface area contributed by atoms with Crippen LogP contribution in [0.5, 0.6) is 23.0 Å². The molecule has 1 atom stereocenters. The minimum atomic E-state index is -8.99. The molecule has 0 saturated carbocycles. The summed E-state index contributed by atoms with van der Waals surface area (Å²) in [7, 11) is 1.47. The molecule has 6 aromatic rings. The Morgan fingerprint density at radius 1 is 0.483 bits per heavy atom. The van der Waals surface area contributed by atoms with E-state index in [9.17, 15) is 36.5 Å². The van der Waals surface area contributed by atoms with Crippen LogP contribution in [-0.4, -0.2) is 50.4 Å². The van der Waals surface area contributed by atoms with Gasteiger partial charge in [0.25, 0.3) is 23.6 Å². The number of benzene rings is 6. The van der Waals surface area contributed by atoms with Crippen LogP contribution in [0.3, 0.4) is 0 Å². The van der Waals surface area contributed by atoms with E-state index < -0.39 is 14.8 Å². The van der Waals surface area contributed by atoms with Crippen molar-refractivity contribution in [1.82, 2.24) is 4.90 Å². The first-order chi connectivity index (χ1) is 27.0. The number of aryl methyl sites for hydroxylation is 1. The van der Waals surface area contributed by atoms with Crippen molar-refractivity contribution in [3.63, 3.8) is 0 Å². The standard InChI is InChI=1S/C43H30N2O6.AsF5.FH/c1-26-7-6-10-30(23-26)45-42(48)36-22-20-34(25-38(36)43(45)49)51-32-17-13-29(14-18-32)39(27-8-4-3-5-9-27)28-11-15-31(16-12-28)50-33-19-21-35-37(24-33)41(47)44(2)40(35)46;2-1(3,4,5)6;/h3-25,39H,1-2H3;;1H/p-1. The SMILES string of the molecule is Cc1cccc(N2C(=O)c3ccc(Oc4ccc(C(c5ccccc5)c5ccc(Oc6ccc7c(c6)C(=O)N(C)C7=O)cc5)cc4)cc3C2=O)c1.F[As](F)(F)(F)F.[F-]. The van der Waals surface area contributed by atoms with Gasteiger partial charge in [-0.15, -0.1) is 0 Å². The van der Waals surface area contributed by atoms with Gasteiger partial charge in [-0.05, 0) is 102 Å². The van der Waals surface area contributed by atoms with Crippen LogP contribution in [0, 0.1) is 6.92 Å². The number of carbonyl (C=O) groups excluding carboxylic acids is 4. The van der Waals surface area contributed by atoms with Gasteiger partial charge in [0, 0.05) is 13.0 Å². The van der Waals surface area contributed by atoms with E-state index >= 15 is 0 Å².